The molecule has 1 aliphatic rings. The minimum atomic E-state index is -4.67. The summed E-state index contributed by atoms with van der Waals surface area (Å²) in [6.07, 6.45) is -3.68. The fourth-order valence-corrected chi connectivity index (χ4v) is 1.97. The second-order valence-corrected chi connectivity index (χ2v) is 4.18. The Labute approximate surface area is 101 Å². The summed E-state index contributed by atoms with van der Waals surface area (Å²) in [7, 11) is 0. The van der Waals surface area contributed by atoms with Crippen LogP contribution in [0, 0.1) is 11.3 Å². The Kier molecular flexibility index (Phi) is 2.91. The lowest BCUT2D eigenvalue weighted by Gasteiger charge is -2.26. The van der Waals surface area contributed by atoms with Gasteiger partial charge in [0.25, 0.3) is 0 Å². The number of pyridine rings is 1. The smallest absolute Gasteiger partial charge is 0.379 e. The maximum Gasteiger partial charge on any atom is 0.418 e. The largest absolute Gasteiger partial charge is 0.418 e. The van der Waals surface area contributed by atoms with Gasteiger partial charge in [-0.2, -0.15) is 18.4 Å². The number of aromatic nitrogens is 1. The lowest BCUT2D eigenvalue weighted by Crippen LogP contribution is -2.47. The molecule has 0 aromatic carbocycles. The first-order valence-electron chi connectivity index (χ1n) is 5.26. The van der Waals surface area contributed by atoms with E-state index < -0.39 is 24.7 Å². The highest BCUT2D eigenvalue weighted by Crippen LogP contribution is 2.39. The summed E-state index contributed by atoms with van der Waals surface area (Å²) < 4.78 is 38.0. The summed E-state index contributed by atoms with van der Waals surface area (Å²) in [5.74, 6) is 0. The standard InChI is InChI=1S/C11H10F3N3O/c12-11(13,14)10(18)3-5-17(7-10)9-2-1-4-16-8(9)6-15/h1-2,4,18H,3,5,7H2. The van der Waals surface area contributed by atoms with Crippen LogP contribution in [0.2, 0.25) is 0 Å². The molecule has 0 radical (unpaired) electrons. The molecular formula is C11H10F3N3O. The molecule has 7 heteroatoms. The Morgan fingerprint density at radius 1 is 1.50 bits per heavy atom. The van der Waals surface area contributed by atoms with Gasteiger partial charge in [0.05, 0.1) is 12.2 Å². The fourth-order valence-electron chi connectivity index (χ4n) is 1.97. The Balaban J connectivity index is 2.27. The number of β-amino-alcohol motifs (C(OH)–C–C–N with tert-alkyl or cyclic N) is 1. The van der Waals surface area contributed by atoms with Crippen LogP contribution in [0.3, 0.4) is 0 Å². The van der Waals surface area contributed by atoms with Gasteiger partial charge < -0.3 is 10.0 Å². The number of alkyl halides is 3. The van der Waals surface area contributed by atoms with Crippen LogP contribution in [0.4, 0.5) is 18.9 Å². The van der Waals surface area contributed by atoms with Crippen molar-refractivity contribution < 1.29 is 18.3 Å². The zero-order chi connectivity index (χ0) is 13.4. The molecule has 2 rings (SSSR count). The topological polar surface area (TPSA) is 60.2 Å². The molecular weight excluding hydrogens is 247 g/mol. The van der Waals surface area contributed by atoms with E-state index >= 15 is 0 Å². The van der Waals surface area contributed by atoms with Crippen LogP contribution in [0.25, 0.3) is 0 Å². The van der Waals surface area contributed by atoms with Gasteiger partial charge in [0, 0.05) is 19.2 Å². The molecule has 1 unspecified atom stereocenters. The van der Waals surface area contributed by atoms with Crippen LogP contribution < -0.4 is 4.90 Å². The van der Waals surface area contributed by atoms with Gasteiger partial charge >= 0.3 is 6.18 Å². The number of rotatable bonds is 1. The number of nitrogens with zero attached hydrogens (tertiary/aromatic N) is 3. The lowest BCUT2D eigenvalue weighted by molar-refractivity contribution is -0.250. The van der Waals surface area contributed by atoms with E-state index in [1.165, 1.54) is 17.2 Å². The minimum absolute atomic E-state index is 0.0381. The van der Waals surface area contributed by atoms with Gasteiger partial charge in [-0.05, 0) is 12.1 Å². The number of anilines is 1. The Morgan fingerprint density at radius 3 is 2.78 bits per heavy atom. The minimum Gasteiger partial charge on any atom is -0.379 e. The second kappa shape index (κ2) is 4.14. The lowest BCUT2D eigenvalue weighted by atomic mass is 10.0. The average Bonchev–Trinajstić information content (AvgIpc) is 2.72. The zero-order valence-electron chi connectivity index (χ0n) is 9.28. The number of halogens is 3. The highest BCUT2D eigenvalue weighted by Gasteiger charge is 2.57. The van der Waals surface area contributed by atoms with E-state index in [1.54, 1.807) is 6.07 Å². The van der Waals surface area contributed by atoms with Crippen LogP contribution in [0.1, 0.15) is 12.1 Å². The van der Waals surface area contributed by atoms with E-state index in [0.717, 1.165) is 0 Å². The van der Waals surface area contributed by atoms with Gasteiger partial charge in [0.15, 0.2) is 11.3 Å². The van der Waals surface area contributed by atoms with Gasteiger partial charge in [-0.1, -0.05) is 0 Å². The first-order chi connectivity index (χ1) is 8.37. The van der Waals surface area contributed by atoms with Crippen molar-refractivity contribution in [3.63, 3.8) is 0 Å². The van der Waals surface area contributed by atoms with Crippen molar-refractivity contribution in [2.45, 2.75) is 18.2 Å². The predicted molar refractivity (Wildman–Crippen MR) is 56.8 cm³/mol. The molecule has 1 saturated heterocycles. The van der Waals surface area contributed by atoms with E-state index in [0.29, 0.717) is 5.69 Å². The summed E-state index contributed by atoms with van der Waals surface area (Å²) >= 11 is 0. The highest BCUT2D eigenvalue weighted by atomic mass is 19.4. The molecule has 2 heterocycles. The van der Waals surface area contributed by atoms with E-state index in [1.807, 2.05) is 6.07 Å². The molecule has 1 atom stereocenters. The fraction of sp³-hybridized carbons (Fsp3) is 0.455. The van der Waals surface area contributed by atoms with Gasteiger partial charge in [0.1, 0.15) is 6.07 Å². The molecule has 96 valence electrons. The number of hydrogen-bond acceptors (Lipinski definition) is 4. The molecule has 0 spiro atoms. The molecule has 0 saturated carbocycles. The van der Waals surface area contributed by atoms with Crippen molar-refractivity contribution in [3.8, 4) is 6.07 Å². The molecule has 0 aliphatic carbocycles. The summed E-state index contributed by atoms with van der Waals surface area (Å²) in [5, 5.41) is 18.4. The van der Waals surface area contributed by atoms with Crippen molar-refractivity contribution >= 4 is 5.69 Å². The maximum atomic E-state index is 12.7. The molecule has 0 bridgehead atoms. The van der Waals surface area contributed by atoms with Crippen LogP contribution in [0.15, 0.2) is 18.3 Å². The normalized spacial score (nSPS) is 24.1. The monoisotopic (exact) mass is 257 g/mol. The van der Waals surface area contributed by atoms with Crippen LogP contribution in [0.5, 0.6) is 0 Å². The van der Waals surface area contributed by atoms with Crippen molar-refractivity contribution in [1.29, 1.82) is 5.26 Å². The van der Waals surface area contributed by atoms with Crippen molar-refractivity contribution in [1.82, 2.24) is 4.98 Å². The highest BCUT2D eigenvalue weighted by molar-refractivity contribution is 5.56. The van der Waals surface area contributed by atoms with Crippen molar-refractivity contribution in [3.05, 3.63) is 24.0 Å². The van der Waals surface area contributed by atoms with Crippen LogP contribution in [-0.2, 0) is 0 Å². The van der Waals surface area contributed by atoms with Gasteiger partial charge in [0.2, 0.25) is 0 Å². The third kappa shape index (κ3) is 1.99. The zero-order valence-corrected chi connectivity index (χ0v) is 9.28. The van der Waals surface area contributed by atoms with E-state index in [2.05, 4.69) is 4.98 Å². The molecule has 1 aliphatic heterocycles. The van der Waals surface area contributed by atoms with E-state index in [4.69, 9.17) is 5.26 Å². The first-order valence-corrected chi connectivity index (χ1v) is 5.26. The molecule has 1 fully saturated rings. The molecule has 0 amide bonds. The SMILES string of the molecule is N#Cc1ncccc1N1CCC(O)(C(F)(F)F)C1. The van der Waals surface area contributed by atoms with Crippen molar-refractivity contribution in [2.75, 3.05) is 18.0 Å². The Hall–Kier alpha value is -1.81. The molecule has 4 nitrogen and oxygen atoms in total. The molecule has 18 heavy (non-hydrogen) atoms. The molecule has 1 N–H and O–H groups in total. The van der Waals surface area contributed by atoms with Gasteiger partial charge in [-0.3, -0.25) is 0 Å². The quantitative estimate of drug-likeness (QED) is 0.827. The number of hydrogen-bond donors (Lipinski definition) is 1. The predicted octanol–water partition coefficient (Wildman–Crippen LogP) is 1.46. The first kappa shape index (κ1) is 12.6. The van der Waals surface area contributed by atoms with Crippen molar-refractivity contribution in [2.24, 2.45) is 0 Å². The summed E-state index contributed by atoms with van der Waals surface area (Å²) in [4.78, 5) is 5.12. The maximum absolute atomic E-state index is 12.7. The van der Waals surface area contributed by atoms with Gasteiger partial charge in [-0.25, -0.2) is 4.98 Å². The number of aliphatic hydroxyl groups is 1. The summed E-state index contributed by atoms with van der Waals surface area (Å²) in [6, 6.07) is 4.89. The summed E-state index contributed by atoms with van der Waals surface area (Å²) in [5.41, 5.74) is -2.33. The van der Waals surface area contributed by atoms with Crippen LogP contribution >= 0.6 is 0 Å². The van der Waals surface area contributed by atoms with Crippen LogP contribution in [-0.4, -0.2) is 35.0 Å². The summed E-state index contributed by atoms with van der Waals surface area (Å²) in [6.45, 7) is -0.534. The third-order valence-electron chi connectivity index (χ3n) is 3.01. The molecule has 1 aromatic rings. The number of nitriles is 1. The average molecular weight is 257 g/mol. The Bertz CT molecular complexity index is 497. The second-order valence-electron chi connectivity index (χ2n) is 4.18. The van der Waals surface area contributed by atoms with Gasteiger partial charge in [-0.15, -0.1) is 0 Å². The van der Waals surface area contributed by atoms with E-state index in [-0.39, 0.29) is 12.2 Å². The molecule has 1 aromatic heterocycles. The Morgan fingerprint density at radius 2 is 2.22 bits per heavy atom. The van der Waals surface area contributed by atoms with E-state index in [9.17, 15) is 18.3 Å². The third-order valence-corrected chi connectivity index (χ3v) is 3.01.